The molecule has 0 aliphatic carbocycles. The van der Waals surface area contributed by atoms with Gasteiger partial charge >= 0.3 is 0 Å². The van der Waals surface area contributed by atoms with E-state index in [4.69, 9.17) is 0 Å². The molecule has 118 valence electrons. The van der Waals surface area contributed by atoms with Crippen molar-refractivity contribution in [2.45, 2.75) is 26.3 Å². The zero-order valence-corrected chi connectivity index (χ0v) is 14.1. The van der Waals surface area contributed by atoms with Crippen molar-refractivity contribution in [2.75, 3.05) is 0 Å². The minimum atomic E-state index is -0.00442. The monoisotopic (exact) mass is 324 g/mol. The molecule has 0 saturated heterocycles. The number of rotatable bonds is 5. The van der Waals surface area contributed by atoms with Gasteiger partial charge in [0.2, 0.25) is 0 Å². The molecule has 0 spiro atoms. The van der Waals surface area contributed by atoms with Gasteiger partial charge < -0.3 is 9.88 Å². The van der Waals surface area contributed by atoms with Gasteiger partial charge in [0.25, 0.3) is 5.91 Å². The average Bonchev–Trinajstić information content (AvgIpc) is 3.24. The molecule has 3 aromatic rings. The maximum Gasteiger partial charge on any atom is 0.263 e. The zero-order valence-electron chi connectivity index (χ0n) is 13.3. The van der Waals surface area contributed by atoms with Gasteiger partial charge in [0.15, 0.2) is 0 Å². The van der Waals surface area contributed by atoms with Crippen molar-refractivity contribution in [1.29, 1.82) is 0 Å². The fraction of sp³-hybridized carbons (Fsp3) is 0.211. The van der Waals surface area contributed by atoms with E-state index in [2.05, 4.69) is 29.8 Å². The SMILES string of the molecule is CCC(C)NC(=O)c1scc(-c2ccccc2)c1-n1cccc1. The van der Waals surface area contributed by atoms with Crippen LogP contribution in [0, 0.1) is 0 Å². The number of hydrogen-bond donors (Lipinski definition) is 1. The highest BCUT2D eigenvalue weighted by Gasteiger charge is 2.20. The Labute approximate surface area is 140 Å². The second kappa shape index (κ2) is 6.84. The Morgan fingerprint density at radius 2 is 1.87 bits per heavy atom. The van der Waals surface area contributed by atoms with Crippen molar-refractivity contribution in [2.24, 2.45) is 0 Å². The number of nitrogens with one attached hydrogen (secondary N) is 1. The fourth-order valence-electron chi connectivity index (χ4n) is 2.47. The van der Waals surface area contributed by atoms with Gasteiger partial charge in [-0.05, 0) is 31.0 Å². The summed E-state index contributed by atoms with van der Waals surface area (Å²) in [5.74, 6) is -0.00442. The summed E-state index contributed by atoms with van der Waals surface area (Å²) in [5.41, 5.74) is 3.16. The van der Waals surface area contributed by atoms with E-state index in [-0.39, 0.29) is 11.9 Å². The van der Waals surface area contributed by atoms with Crippen LogP contribution in [0.15, 0.2) is 60.2 Å². The van der Waals surface area contributed by atoms with Gasteiger partial charge in [-0.3, -0.25) is 4.79 Å². The Morgan fingerprint density at radius 3 is 2.52 bits per heavy atom. The predicted octanol–water partition coefficient (Wildman–Crippen LogP) is 4.73. The molecule has 3 rings (SSSR count). The van der Waals surface area contributed by atoms with Crippen LogP contribution in [0.5, 0.6) is 0 Å². The van der Waals surface area contributed by atoms with E-state index in [0.29, 0.717) is 0 Å². The van der Waals surface area contributed by atoms with Crippen molar-refractivity contribution in [1.82, 2.24) is 9.88 Å². The van der Waals surface area contributed by atoms with Gasteiger partial charge in [-0.25, -0.2) is 0 Å². The molecular formula is C19H20N2OS. The van der Waals surface area contributed by atoms with Crippen molar-refractivity contribution in [3.63, 3.8) is 0 Å². The first-order valence-corrected chi connectivity index (χ1v) is 8.69. The third-order valence-electron chi connectivity index (χ3n) is 3.91. The van der Waals surface area contributed by atoms with Crippen LogP contribution in [-0.4, -0.2) is 16.5 Å². The van der Waals surface area contributed by atoms with Crippen molar-refractivity contribution in [3.8, 4) is 16.8 Å². The molecule has 0 saturated carbocycles. The topological polar surface area (TPSA) is 34.0 Å². The average molecular weight is 324 g/mol. The third kappa shape index (κ3) is 3.22. The van der Waals surface area contributed by atoms with Crippen molar-refractivity contribution >= 4 is 17.2 Å². The number of carbonyl (C=O) groups is 1. The molecular weight excluding hydrogens is 304 g/mol. The van der Waals surface area contributed by atoms with Crippen LogP contribution in [0.4, 0.5) is 0 Å². The Hall–Kier alpha value is -2.33. The summed E-state index contributed by atoms with van der Waals surface area (Å²) in [5, 5.41) is 5.14. The molecule has 1 N–H and O–H groups in total. The van der Waals surface area contributed by atoms with E-state index in [1.165, 1.54) is 11.3 Å². The maximum absolute atomic E-state index is 12.7. The Bertz CT molecular complexity index is 775. The number of benzene rings is 1. The molecule has 2 heterocycles. The normalized spacial score (nSPS) is 12.1. The Morgan fingerprint density at radius 1 is 1.17 bits per heavy atom. The summed E-state index contributed by atoms with van der Waals surface area (Å²) in [6.45, 7) is 4.10. The minimum absolute atomic E-state index is 0.00442. The standard InChI is InChI=1S/C19H20N2OS/c1-3-14(2)20-19(22)18-17(21-11-7-8-12-21)16(13-23-18)15-9-5-4-6-10-15/h4-14H,3H2,1-2H3,(H,20,22). The first-order valence-electron chi connectivity index (χ1n) is 7.81. The quantitative estimate of drug-likeness (QED) is 0.723. The smallest absolute Gasteiger partial charge is 0.263 e. The molecule has 0 aliphatic heterocycles. The molecule has 0 bridgehead atoms. The summed E-state index contributed by atoms with van der Waals surface area (Å²) in [4.78, 5) is 13.4. The summed E-state index contributed by atoms with van der Waals surface area (Å²) >= 11 is 1.50. The first-order chi connectivity index (χ1) is 11.2. The largest absolute Gasteiger partial charge is 0.349 e. The highest BCUT2D eigenvalue weighted by Crippen LogP contribution is 2.34. The summed E-state index contributed by atoms with van der Waals surface area (Å²) in [6.07, 6.45) is 4.88. The molecule has 3 nitrogen and oxygen atoms in total. The van der Waals surface area contributed by atoms with Gasteiger partial charge in [-0.1, -0.05) is 37.3 Å². The van der Waals surface area contributed by atoms with E-state index in [1.807, 2.05) is 54.2 Å². The van der Waals surface area contributed by atoms with Gasteiger partial charge in [-0.15, -0.1) is 11.3 Å². The predicted molar refractivity (Wildman–Crippen MR) is 96.3 cm³/mol. The second-order valence-corrected chi connectivity index (χ2v) is 6.45. The van der Waals surface area contributed by atoms with Crippen LogP contribution in [0.2, 0.25) is 0 Å². The highest BCUT2D eigenvalue weighted by atomic mass is 32.1. The molecule has 1 aromatic carbocycles. The zero-order chi connectivity index (χ0) is 16.2. The summed E-state index contributed by atoms with van der Waals surface area (Å²) < 4.78 is 2.02. The van der Waals surface area contributed by atoms with Crippen molar-refractivity contribution in [3.05, 3.63) is 65.1 Å². The van der Waals surface area contributed by atoms with E-state index < -0.39 is 0 Å². The maximum atomic E-state index is 12.7. The van der Waals surface area contributed by atoms with E-state index in [9.17, 15) is 4.79 Å². The van der Waals surface area contributed by atoms with Crippen LogP contribution < -0.4 is 5.32 Å². The first kappa shape index (κ1) is 15.6. The number of thiophene rings is 1. The Kier molecular flexibility index (Phi) is 4.63. The molecule has 4 heteroatoms. The van der Waals surface area contributed by atoms with Gasteiger partial charge in [0.05, 0.1) is 5.69 Å². The lowest BCUT2D eigenvalue weighted by Gasteiger charge is -2.13. The Balaban J connectivity index is 2.08. The van der Waals surface area contributed by atoms with Crippen LogP contribution >= 0.6 is 11.3 Å². The van der Waals surface area contributed by atoms with Crippen LogP contribution in [-0.2, 0) is 0 Å². The van der Waals surface area contributed by atoms with Crippen LogP contribution in [0.3, 0.4) is 0 Å². The van der Waals surface area contributed by atoms with Crippen molar-refractivity contribution < 1.29 is 4.79 Å². The molecule has 2 aromatic heterocycles. The molecule has 1 amide bonds. The lowest BCUT2D eigenvalue weighted by Crippen LogP contribution is -2.31. The lowest BCUT2D eigenvalue weighted by atomic mass is 10.1. The third-order valence-corrected chi connectivity index (χ3v) is 4.88. The number of amides is 1. The van der Waals surface area contributed by atoms with Gasteiger partial charge in [0.1, 0.15) is 4.88 Å². The van der Waals surface area contributed by atoms with E-state index in [1.54, 1.807) is 0 Å². The molecule has 0 radical (unpaired) electrons. The molecule has 0 fully saturated rings. The summed E-state index contributed by atoms with van der Waals surface area (Å²) in [6, 6.07) is 14.3. The van der Waals surface area contributed by atoms with Crippen LogP contribution in [0.25, 0.3) is 16.8 Å². The lowest BCUT2D eigenvalue weighted by molar-refractivity contribution is 0.0943. The van der Waals surface area contributed by atoms with E-state index in [0.717, 1.165) is 28.1 Å². The second-order valence-electron chi connectivity index (χ2n) is 5.57. The minimum Gasteiger partial charge on any atom is -0.349 e. The van der Waals surface area contributed by atoms with Gasteiger partial charge in [0, 0.05) is 29.4 Å². The number of aromatic nitrogens is 1. The molecule has 23 heavy (non-hydrogen) atoms. The van der Waals surface area contributed by atoms with Gasteiger partial charge in [-0.2, -0.15) is 0 Å². The van der Waals surface area contributed by atoms with Crippen LogP contribution in [0.1, 0.15) is 29.9 Å². The molecule has 0 aliphatic rings. The highest BCUT2D eigenvalue weighted by molar-refractivity contribution is 7.13. The fourth-order valence-corrected chi connectivity index (χ4v) is 3.44. The molecule has 1 atom stereocenters. The van der Waals surface area contributed by atoms with E-state index >= 15 is 0 Å². The summed E-state index contributed by atoms with van der Waals surface area (Å²) in [7, 11) is 0. The number of hydrogen-bond acceptors (Lipinski definition) is 2. The molecule has 1 unspecified atom stereocenters. The number of nitrogens with zero attached hydrogens (tertiary/aromatic N) is 1. The number of carbonyl (C=O) groups excluding carboxylic acids is 1.